The van der Waals surface area contributed by atoms with Gasteiger partial charge < -0.3 is 25.6 Å². The lowest BCUT2D eigenvalue weighted by molar-refractivity contribution is -0.266. The number of nitrogens with two attached hydrogens (primary N) is 1. The molecule has 0 fully saturated rings. The number of fused-ring (bicyclic) bond motifs is 2. The fourth-order valence-electron chi connectivity index (χ4n) is 4.98. The molecule has 3 heterocycles. The van der Waals surface area contributed by atoms with Crippen LogP contribution < -0.4 is 20.5 Å². The van der Waals surface area contributed by atoms with Crippen LogP contribution in [0.5, 0.6) is 11.5 Å². The zero-order valence-corrected chi connectivity index (χ0v) is 24.5. The summed E-state index contributed by atoms with van der Waals surface area (Å²) in [6.45, 7) is 0.651. The second-order valence-corrected chi connectivity index (χ2v) is 11.1. The summed E-state index contributed by atoms with van der Waals surface area (Å²) in [5, 5.41) is 13.8. The molecule has 0 bridgehead atoms. The number of methoxy groups -OCH3 is 1. The van der Waals surface area contributed by atoms with Crippen LogP contribution in [0.15, 0.2) is 42.5 Å². The lowest BCUT2D eigenvalue weighted by Gasteiger charge is -2.32. The number of aliphatic hydroxyl groups is 1. The third-order valence-corrected chi connectivity index (χ3v) is 8.05. The molecule has 2 aromatic heterocycles. The molecular formula is C30H24ClF5N4O5. The second kappa shape index (κ2) is 11.1. The summed E-state index contributed by atoms with van der Waals surface area (Å²) in [7, 11) is 1.30. The lowest BCUT2D eigenvalue weighted by atomic mass is 9.81. The largest absolute Gasteiger partial charge is 0.494 e. The van der Waals surface area contributed by atoms with E-state index in [9.17, 15) is 32.3 Å². The number of hydrogen-bond donors (Lipinski definition) is 3. The van der Waals surface area contributed by atoms with Crippen molar-refractivity contribution in [3.8, 4) is 22.8 Å². The number of halogens is 6. The molecule has 0 aliphatic carbocycles. The first-order chi connectivity index (χ1) is 21.0. The van der Waals surface area contributed by atoms with Gasteiger partial charge in [-0.2, -0.15) is 13.2 Å². The number of carbonyl (C=O) groups is 2. The Labute approximate surface area is 257 Å². The number of rotatable bonds is 7. The van der Waals surface area contributed by atoms with Crippen LogP contribution in [0.1, 0.15) is 34.2 Å². The predicted molar refractivity (Wildman–Crippen MR) is 152 cm³/mol. The van der Waals surface area contributed by atoms with Gasteiger partial charge in [-0.05, 0) is 56.3 Å². The van der Waals surface area contributed by atoms with Crippen LogP contribution >= 0.6 is 11.6 Å². The molecule has 15 heteroatoms. The van der Waals surface area contributed by atoms with Gasteiger partial charge in [0.15, 0.2) is 11.6 Å². The van der Waals surface area contributed by atoms with E-state index >= 15 is 4.39 Å². The maximum absolute atomic E-state index is 16.2. The minimum Gasteiger partial charge on any atom is -0.494 e. The standard InChI is InChI=1S/C30H24ClF5N4O5/c1-13-18(31)9-15-8-16(10-19(44-3)22(15)39-13)26(41)38-11-29(43,30(34,35)36)25-21(33)20-24(45-12-28(20,2)27(37)42)23(40-25)14-4-6-17(32)7-5-14/h4-10,43H,11-12H2,1-3H3,(H2,37,42)(H,38,41)/t28-,29+/m1/s1. The van der Waals surface area contributed by atoms with Gasteiger partial charge in [0.1, 0.15) is 40.5 Å². The van der Waals surface area contributed by atoms with E-state index in [-0.39, 0.29) is 21.9 Å². The number of carbonyl (C=O) groups excluding carboxylic acids is 2. The number of amides is 2. The van der Waals surface area contributed by atoms with Gasteiger partial charge in [0, 0.05) is 16.5 Å². The summed E-state index contributed by atoms with van der Waals surface area (Å²) in [5.41, 5.74) is -2.65. The van der Waals surface area contributed by atoms with Gasteiger partial charge in [-0.25, -0.2) is 18.7 Å². The molecule has 236 valence electrons. The summed E-state index contributed by atoms with van der Waals surface area (Å²) >= 11 is 6.15. The number of benzene rings is 2. The lowest BCUT2D eigenvalue weighted by Crippen LogP contribution is -2.52. The third-order valence-electron chi connectivity index (χ3n) is 7.67. The number of pyridine rings is 2. The van der Waals surface area contributed by atoms with Crippen molar-refractivity contribution in [2.45, 2.75) is 31.0 Å². The number of hydrogen-bond acceptors (Lipinski definition) is 7. The summed E-state index contributed by atoms with van der Waals surface area (Å²) < 4.78 is 84.7. The fraction of sp³-hybridized carbons (Fsp3) is 0.267. The van der Waals surface area contributed by atoms with Crippen molar-refractivity contribution in [2.75, 3.05) is 20.3 Å². The highest BCUT2D eigenvalue weighted by Gasteiger charge is 2.60. The quantitative estimate of drug-likeness (QED) is 0.243. The van der Waals surface area contributed by atoms with Crippen molar-refractivity contribution in [2.24, 2.45) is 5.73 Å². The Morgan fingerprint density at radius 1 is 1.16 bits per heavy atom. The number of aryl methyl sites for hydroxylation is 1. The Morgan fingerprint density at radius 2 is 1.82 bits per heavy atom. The molecule has 2 amide bonds. The molecule has 2 aromatic carbocycles. The summed E-state index contributed by atoms with van der Waals surface area (Å²) in [4.78, 5) is 33.7. The maximum Gasteiger partial charge on any atom is 0.424 e. The second-order valence-electron chi connectivity index (χ2n) is 10.7. The first-order valence-electron chi connectivity index (χ1n) is 13.2. The van der Waals surface area contributed by atoms with Crippen LogP contribution in [0, 0.1) is 18.6 Å². The van der Waals surface area contributed by atoms with Crippen LogP contribution in [0.25, 0.3) is 22.2 Å². The van der Waals surface area contributed by atoms with E-state index in [1.54, 1.807) is 6.92 Å². The molecule has 1 aliphatic heterocycles. The minimum atomic E-state index is -5.62. The average molecular weight is 651 g/mol. The van der Waals surface area contributed by atoms with Crippen LogP contribution in [-0.4, -0.2) is 53.3 Å². The topological polar surface area (TPSA) is 137 Å². The maximum atomic E-state index is 16.2. The SMILES string of the molecule is COc1cc(C(=O)NC[C@](O)(c2nc(-c3ccc(F)cc3)c3c(c2F)[C@](C)(C(N)=O)CO3)C(F)(F)F)cc2cc(Cl)c(C)nc12. The Morgan fingerprint density at radius 3 is 2.42 bits per heavy atom. The van der Waals surface area contributed by atoms with Gasteiger partial charge in [0.25, 0.3) is 5.91 Å². The minimum absolute atomic E-state index is 0.0121. The average Bonchev–Trinajstić information content (AvgIpc) is 3.35. The van der Waals surface area contributed by atoms with Crippen LogP contribution in [-0.2, 0) is 15.8 Å². The molecule has 1 aliphatic rings. The van der Waals surface area contributed by atoms with Crippen molar-refractivity contribution < 1.29 is 46.1 Å². The molecule has 45 heavy (non-hydrogen) atoms. The molecule has 4 N–H and O–H groups in total. The number of ether oxygens (including phenoxy) is 2. The van der Waals surface area contributed by atoms with E-state index in [1.807, 2.05) is 5.32 Å². The number of aromatic nitrogens is 2. The highest BCUT2D eigenvalue weighted by molar-refractivity contribution is 6.31. The third kappa shape index (κ3) is 5.27. The molecule has 5 rings (SSSR count). The number of nitrogens with zero attached hydrogens (tertiary/aromatic N) is 2. The predicted octanol–water partition coefficient (Wildman–Crippen LogP) is 4.86. The van der Waals surface area contributed by atoms with E-state index < -0.39 is 76.5 Å². The number of alkyl halides is 3. The normalized spacial score (nSPS) is 17.4. The van der Waals surface area contributed by atoms with Crippen molar-refractivity contribution in [3.63, 3.8) is 0 Å². The van der Waals surface area contributed by atoms with Crippen molar-refractivity contribution in [3.05, 3.63) is 81.6 Å². The van der Waals surface area contributed by atoms with Gasteiger partial charge in [0.2, 0.25) is 11.5 Å². The Hall–Kier alpha value is -4.56. The Balaban J connectivity index is 1.63. The molecule has 0 spiro atoms. The van der Waals surface area contributed by atoms with Crippen LogP contribution in [0.4, 0.5) is 22.0 Å². The zero-order valence-electron chi connectivity index (χ0n) is 23.8. The Kier molecular flexibility index (Phi) is 7.86. The molecule has 2 atom stereocenters. The fourth-order valence-corrected chi connectivity index (χ4v) is 5.14. The monoisotopic (exact) mass is 650 g/mol. The molecule has 9 nitrogen and oxygen atoms in total. The first-order valence-corrected chi connectivity index (χ1v) is 13.5. The molecular weight excluding hydrogens is 627 g/mol. The van der Waals surface area contributed by atoms with Crippen LogP contribution in [0.3, 0.4) is 0 Å². The van der Waals surface area contributed by atoms with Crippen LogP contribution in [0.2, 0.25) is 5.02 Å². The van der Waals surface area contributed by atoms with Gasteiger partial charge in [-0.1, -0.05) is 11.6 Å². The highest BCUT2D eigenvalue weighted by Crippen LogP contribution is 2.49. The first kappa shape index (κ1) is 31.9. The van der Waals surface area contributed by atoms with E-state index in [2.05, 4.69) is 9.97 Å². The van der Waals surface area contributed by atoms with Gasteiger partial charge >= 0.3 is 6.18 Å². The molecule has 0 radical (unpaired) electrons. The van der Waals surface area contributed by atoms with Gasteiger partial charge in [-0.15, -0.1) is 0 Å². The van der Waals surface area contributed by atoms with E-state index in [0.717, 1.165) is 31.2 Å². The molecule has 0 saturated carbocycles. The summed E-state index contributed by atoms with van der Waals surface area (Å²) in [5.74, 6) is -4.91. The summed E-state index contributed by atoms with van der Waals surface area (Å²) in [6, 6.07) is 8.26. The van der Waals surface area contributed by atoms with E-state index in [4.69, 9.17) is 26.8 Å². The van der Waals surface area contributed by atoms with Gasteiger partial charge in [-0.3, -0.25) is 9.59 Å². The van der Waals surface area contributed by atoms with Gasteiger partial charge in [0.05, 0.1) is 29.9 Å². The number of nitrogens with one attached hydrogen (secondary N) is 1. The van der Waals surface area contributed by atoms with E-state index in [1.165, 1.54) is 25.3 Å². The van der Waals surface area contributed by atoms with E-state index in [0.29, 0.717) is 16.6 Å². The Bertz CT molecular complexity index is 1870. The number of primary amides is 1. The van der Waals surface area contributed by atoms with Crippen molar-refractivity contribution >= 4 is 34.3 Å². The molecule has 4 aromatic rings. The van der Waals surface area contributed by atoms with Crippen molar-refractivity contribution in [1.82, 2.24) is 15.3 Å². The highest BCUT2D eigenvalue weighted by atomic mass is 35.5. The zero-order chi connectivity index (χ0) is 33.1. The smallest absolute Gasteiger partial charge is 0.424 e. The van der Waals surface area contributed by atoms with Crippen molar-refractivity contribution in [1.29, 1.82) is 0 Å². The molecule has 0 saturated heterocycles. The molecule has 0 unspecified atom stereocenters. The summed E-state index contributed by atoms with van der Waals surface area (Å²) in [6.07, 6.45) is -5.62.